The number of fused-ring (bicyclic) bond motifs is 1. The van der Waals surface area contributed by atoms with Crippen molar-refractivity contribution in [2.45, 2.75) is 32.2 Å². The third kappa shape index (κ3) is 3.78. The van der Waals surface area contributed by atoms with Crippen molar-refractivity contribution in [2.24, 2.45) is 5.73 Å². The second-order valence-corrected chi connectivity index (χ2v) is 4.91. The molecule has 0 atom stereocenters. The number of hydrogen-bond donors (Lipinski definition) is 1. The van der Waals surface area contributed by atoms with Gasteiger partial charge in [0.2, 0.25) is 5.91 Å². The van der Waals surface area contributed by atoms with Gasteiger partial charge in [0.05, 0.1) is 13.2 Å². The molecule has 6 heteroatoms. The van der Waals surface area contributed by atoms with Crippen LogP contribution in [0.5, 0.6) is 0 Å². The number of aromatic nitrogens is 1. The van der Waals surface area contributed by atoms with E-state index >= 15 is 0 Å². The number of hydrogen-bond acceptors (Lipinski definition) is 5. The number of carbonyl (C=O) groups is 1. The van der Waals surface area contributed by atoms with E-state index in [0.717, 1.165) is 30.7 Å². The lowest BCUT2D eigenvalue weighted by atomic mass is 9.96. The molecular weight excluding hydrogens is 246 g/mol. The van der Waals surface area contributed by atoms with E-state index in [0.29, 0.717) is 19.7 Å². The van der Waals surface area contributed by atoms with Crippen LogP contribution < -0.4 is 5.73 Å². The van der Waals surface area contributed by atoms with E-state index in [-0.39, 0.29) is 12.5 Å². The molecule has 1 amide bonds. The number of rotatable bonds is 7. The van der Waals surface area contributed by atoms with Gasteiger partial charge in [0.15, 0.2) is 0 Å². The normalized spacial score (nSPS) is 14.6. The molecule has 6 nitrogen and oxygen atoms in total. The molecule has 106 valence electrons. The van der Waals surface area contributed by atoms with Crippen LogP contribution in [-0.4, -0.2) is 42.8 Å². The van der Waals surface area contributed by atoms with Crippen LogP contribution in [0.3, 0.4) is 0 Å². The van der Waals surface area contributed by atoms with Crippen molar-refractivity contribution in [1.82, 2.24) is 10.1 Å². The topological polar surface area (TPSA) is 81.6 Å². The zero-order valence-electron chi connectivity index (χ0n) is 11.4. The van der Waals surface area contributed by atoms with E-state index in [1.807, 2.05) is 4.90 Å². The fourth-order valence-corrected chi connectivity index (χ4v) is 2.44. The molecule has 1 aliphatic rings. The van der Waals surface area contributed by atoms with Gasteiger partial charge in [0.1, 0.15) is 11.5 Å². The first-order valence-corrected chi connectivity index (χ1v) is 6.66. The van der Waals surface area contributed by atoms with Gasteiger partial charge in [-0.25, -0.2) is 0 Å². The fourth-order valence-electron chi connectivity index (χ4n) is 2.44. The Labute approximate surface area is 112 Å². The third-order valence-electron chi connectivity index (χ3n) is 3.40. The second-order valence-electron chi connectivity index (χ2n) is 4.91. The summed E-state index contributed by atoms with van der Waals surface area (Å²) < 4.78 is 10.4. The van der Waals surface area contributed by atoms with Gasteiger partial charge >= 0.3 is 0 Å². The van der Waals surface area contributed by atoms with Crippen molar-refractivity contribution < 1.29 is 14.1 Å². The van der Waals surface area contributed by atoms with Crippen LogP contribution in [0.4, 0.5) is 0 Å². The van der Waals surface area contributed by atoms with Crippen molar-refractivity contribution in [3.05, 3.63) is 17.0 Å². The number of amides is 1. The van der Waals surface area contributed by atoms with Crippen LogP contribution >= 0.6 is 0 Å². The summed E-state index contributed by atoms with van der Waals surface area (Å²) in [7, 11) is 1.64. The zero-order chi connectivity index (χ0) is 13.7. The molecule has 1 aliphatic carbocycles. The van der Waals surface area contributed by atoms with Gasteiger partial charge in [-0.2, -0.15) is 0 Å². The van der Waals surface area contributed by atoms with E-state index in [1.165, 1.54) is 12.0 Å². The van der Waals surface area contributed by atoms with Crippen molar-refractivity contribution in [3.8, 4) is 0 Å². The predicted octanol–water partition coefficient (Wildman–Crippen LogP) is 0.487. The van der Waals surface area contributed by atoms with Crippen molar-refractivity contribution in [2.75, 3.05) is 26.8 Å². The summed E-state index contributed by atoms with van der Waals surface area (Å²) in [5.41, 5.74) is 7.42. The Morgan fingerprint density at radius 3 is 3.00 bits per heavy atom. The molecule has 2 N–H and O–H groups in total. The molecule has 1 aromatic heterocycles. The lowest BCUT2D eigenvalue weighted by Crippen LogP contribution is -2.35. The first kappa shape index (κ1) is 14.0. The maximum atomic E-state index is 11.1. The van der Waals surface area contributed by atoms with E-state index < -0.39 is 0 Å². The Morgan fingerprint density at radius 1 is 1.47 bits per heavy atom. The minimum absolute atomic E-state index is 0.213. The largest absolute Gasteiger partial charge is 0.383 e. The second kappa shape index (κ2) is 6.68. The Balaban J connectivity index is 2.03. The number of methoxy groups -OCH3 is 1. The lowest BCUT2D eigenvalue weighted by molar-refractivity contribution is -0.119. The highest BCUT2D eigenvalue weighted by atomic mass is 16.5. The molecule has 0 aromatic carbocycles. The van der Waals surface area contributed by atoms with Gasteiger partial charge in [-0.15, -0.1) is 0 Å². The molecular formula is C13H21N3O3. The van der Waals surface area contributed by atoms with E-state index in [9.17, 15) is 4.79 Å². The zero-order valence-corrected chi connectivity index (χ0v) is 11.4. The van der Waals surface area contributed by atoms with Gasteiger partial charge in [-0.3, -0.25) is 9.69 Å². The number of ether oxygens (including phenoxy) is 1. The summed E-state index contributed by atoms with van der Waals surface area (Å²) in [4.78, 5) is 13.0. The highest BCUT2D eigenvalue weighted by Gasteiger charge is 2.21. The monoisotopic (exact) mass is 267 g/mol. The van der Waals surface area contributed by atoms with Crippen LogP contribution in [0.2, 0.25) is 0 Å². The summed E-state index contributed by atoms with van der Waals surface area (Å²) in [6, 6.07) is 0. The molecule has 1 aromatic rings. The minimum atomic E-state index is -0.339. The molecule has 0 saturated heterocycles. The van der Waals surface area contributed by atoms with Gasteiger partial charge in [-0.05, 0) is 19.3 Å². The van der Waals surface area contributed by atoms with Crippen LogP contribution in [0.15, 0.2) is 4.52 Å². The Kier molecular flexibility index (Phi) is 4.93. The summed E-state index contributed by atoms with van der Waals surface area (Å²) in [6.45, 7) is 2.02. The molecule has 2 rings (SSSR count). The Hall–Kier alpha value is -1.40. The minimum Gasteiger partial charge on any atom is -0.383 e. The lowest BCUT2D eigenvalue weighted by Gasteiger charge is -2.20. The van der Waals surface area contributed by atoms with E-state index in [1.54, 1.807) is 7.11 Å². The first-order chi connectivity index (χ1) is 9.20. The third-order valence-corrected chi connectivity index (χ3v) is 3.40. The standard InChI is InChI=1S/C13H21N3O3/c1-18-7-6-16(9-13(14)17)8-11-10-4-2-3-5-12(10)19-15-11/h2-9H2,1H3,(H2,14,17). The number of nitrogens with two attached hydrogens (primary N) is 1. The highest BCUT2D eigenvalue weighted by molar-refractivity contribution is 5.75. The van der Waals surface area contributed by atoms with Crippen molar-refractivity contribution in [3.63, 3.8) is 0 Å². The quantitative estimate of drug-likeness (QED) is 0.777. The van der Waals surface area contributed by atoms with Crippen LogP contribution in [-0.2, 0) is 28.9 Å². The van der Waals surface area contributed by atoms with Crippen LogP contribution in [0.1, 0.15) is 29.9 Å². The number of aryl methyl sites for hydroxylation is 1. The van der Waals surface area contributed by atoms with Gasteiger partial charge < -0.3 is 15.0 Å². The smallest absolute Gasteiger partial charge is 0.231 e. The molecule has 0 saturated carbocycles. The van der Waals surface area contributed by atoms with Crippen molar-refractivity contribution in [1.29, 1.82) is 0 Å². The number of primary amides is 1. The van der Waals surface area contributed by atoms with Gasteiger partial charge in [-0.1, -0.05) is 5.16 Å². The molecule has 0 fully saturated rings. The van der Waals surface area contributed by atoms with E-state index in [4.69, 9.17) is 15.0 Å². The van der Waals surface area contributed by atoms with Gasteiger partial charge in [0, 0.05) is 32.2 Å². The molecule has 1 heterocycles. The summed E-state index contributed by atoms with van der Waals surface area (Å²) in [5, 5.41) is 4.14. The van der Waals surface area contributed by atoms with Gasteiger partial charge in [0.25, 0.3) is 0 Å². The molecule has 0 radical (unpaired) electrons. The average molecular weight is 267 g/mol. The van der Waals surface area contributed by atoms with Crippen molar-refractivity contribution >= 4 is 5.91 Å². The maximum absolute atomic E-state index is 11.1. The molecule has 0 unspecified atom stereocenters. The molecule has 0 spiro atoms. The average Bonchev–Trinajstić information content (AvgIpc) is 2.79. The highest BCUT2D eigenvalue weighted by Crippen LogP contribution is 2.24. The maximum Gasteiger partial charge on any atom is 0.231 e. The Morgan fingerprint density at radius 2 is 2.26 bits per heavy atom. The van der Waals surface area contributed by atoms with Crippen LogP contribution in [0.25, 0.3) is 0 Å². The fraction of sp³-hybridized carbons (Fsp3) is 0.692. The number of nitrogens with zero attached hydrogens (tertiary/aromatic N) is 2. The number of carbonyl (C=O) groups excluding carboxylic acids is 1. The summed E-state index contributed by atoms with van der Waals surface area (Å²) in [5.74, 6) is 0.667. The molecule has 19 heavy (non-hydrogen) atoms. The summed E-state index contributed by atoms with van der Waals surface area (Å²) >= 11 is 0. The van der Waals surface area contributed by atoms with E-state index in [2.05, 4.69) is 5.16 Å². The first-order valence-electron chi connectivity index (χ1n) is 6.66. The SMILES string of the molecule is COCCN(CC(N)=O)Cc1noc2c1CCCC2. The predicted molar refractivity (Wildman–Crippen MR) is 69.5 cm³/mol. The molecule has 0 aliphatic heterocycles. The van der Waals surface area contributed by atoms with Crippen LogP contribution in [0, 0.1) is 0 Å². The Bertz CT molecular complexity index is 431. The molecule has 0 bridgehead atoms. The summed E-state index contributed by atoms with van der Waals surface area (Å²) in [6.07, 6.45) is 4.32.